The minimum absolute atomic E-state index is 0.314. The molecule has 1 aliphatic carbocycles. The van der Waals surface area contributed by atoms with E-state index in [1.54, 1.807) is 0 Å². The van der Waals surface area contributed by atoms with Crippen LogP contribution in [0.3, 0.4) is 0 Å². The van der Waals surface area contributed by atoms with Crippen LogP contribution in [0, 0.1) is 0 Å². The maximum absolute atomic E-state index is 5.73. The number of benzene rings is 1. The molecule has 1 aromatic carbocycles. The van der Waals surface area contributed by atoms with E-state index in [-0.39, 0.29) is 0 Å². The summed E-state index contributed by atoms with van der Waals surface area (Å²) in [6.45, 7) is 0. The van der Waals surface area contributed by atoms with Crippen molar-refractivity contribution in [2.45, 2.75) is 18.9 Å². The van der Waals surface area contributed by atoms with Gasteiger partial charge in [-0.15, -0.1) is 0 Å². The third-order valence-electron chi connectivity index (χ3n) is 2.74. The van der Waals surface area contributed by atoms with Gasteiger partial charge in [0.2, 0.25) is 5.95 Å². The van der Waals surface area contributed by atoms with Gasteiger partial charge in [0.15, 0.2) is 0 Å². The quantitative estimate of drug-likeness (QED) is 0.842. The van der Waals surface area contributed by atoms with Crippen molar-refractivity contribution in [2.75, 3.05) is 11.1 Å². The van der Waals surface area contributed by atoms with E-state index in [0.29, 0.717) is 12.0 Å². The van der Waals surface area contributed by atoms with Gasteiger partial charge in [-0.3, -0.25) is 0 Å². The summed E-state index contributed by atoms with van der Waals surface area (Å²) in [5.41, 5.74) is 7.65. The Labute approximate surface area is 99.9 Å². The third-order valence-corrected chi connectivity index (χ3v) is 2.74. The predicted molar refractivity (Wildman–Crippen MR) is 68.5 cm³/mol. The topological polar surface area (TPSA) is 63.8 Å². The van der Waals surface area contributed by atoms with Gasteiger partial charge < -0.3 is 11.1 Å². The molecule has 0 saturated heterocycles. The normalized spacial score (nSPS) is 14.6. The van der Waals surface area contributed by atoms with Gasteiger partial charge in [0.25, 0.3) is 0 Å². The maximum atomic E-state index is 5.73. The summed E-state index contributed by atoms with van der Waals surface area (Å²) >= 11 is 0. The number of nitrogen functional groups attached to an aromatic ring is 1. The summed E-state index contributed by atoms with van der Waals surface area (Å²) in [7, 11) is 0. The van der Waals surface area contributed by atoms with Gasteiger partial charge in [0, 0.05) is 17.7 Å². The van der Waals surface area contributed by atoms with Crippen LogP contribution in [0.1, 0.15) is 12.8 Å². The van der Waals surface area contributed by atoms with E-state index in [1.807, 2.05) is 36.4 Å². The first kappa shape index (κ1) is 10.1. The van der Waals surface area contributed by atoms with Crippen LogP contribution in [-0.2, 0) is 0 Å². The average molecular weight is 226 g/mol. The van der Waals surface area contributed by atoms with Crippen molar-refractivity contribution in [3.05, 3.63) is 36.4 Å². The monoisotopic (exact) mass is 226 g/mol. The second kappa shape index (κ2) is 4.05. The lowest BCUT2D eigenvalue weighted by Crippen LogP contribution is -2.06. The van der Waals surface area contributed by atoms with E-state index < -0.39 is 0 Å². The first-order valence-corrected chi connectivity index (χ1v) is 5.78. The molecule has 0 amide bonds. The lowest BCUT2D eigenvalue weighted by atomic mass is 10.1. The maximum Gasteiger partial charge on any atom is 0.222 e. The fourth-order valence-electron chi connectivity index (χ4n) is 1.73. The van der Waals surface area contributed by atoms with Crippen molar-refractivity contribution in [3.63, 3.8) is 0 Å². The average Bonchev–Trinajstić information content (AvgIpc) is 3.13. The van der Waals surface area contributed by atoms with Crippen LogP contribution < -0.4 is 11.1 Å². The van der Waals surface area contributed by atoms with Crippen LogP contribution in [0.15, 0.2) is 36.4 Å². The molecule has 4 heteroatoms. The zero-order valence-corrected chi connectivity index (χ0v) is 9.43. The van der Waals surface area contributed by atoms with Crippen molar-refractivity contribution in [3.8, 4) is 11.3 Å². The SMILES string of the molecule is Nc1nc(NC2CC2)cc(-c2ccccc2)n1. The van der Waals surface area contributed by atoms with Gasteiger partial charge in [-0.2, -0.15) is 4.98 Å². The molecule has 0 radical (unpaired) electrons. The molecule has 4 nitrogen and oxygen atoms in total. The number of nitrogens with zero attached hydrogens (tertiary/aromatic N) is 2. The van der Waals surface area contributed by atoms with Gasteiger partial charge in [0.05, 0.1) is 5.69 Å². The number of nitrogens with two attached hydrogens (primary N) is 1. The number of hydrogen-bond acceptors (Lipinski definition) is 4. The smallest absolute Gasteiger partial charge is 0.222 e. The molecule has 0 bridgehead atoms. The second-order valence-electron chi connectivity index (χ2n) is 4.28. The van der Waals surface area contributed by atoms with Crippen molar-refractivity contribution in [2.24, 2.45) is 0 Å². The first-order chi connectivity index (χ1) is 8.31. The molecule has 2 aromatic rings. The van der Waals surface area contributed by atoms with Crippen molar-refractivity contribution in [1.29, 1.82) is 0 Å². The highest BCUT2D eigenvalue weighted by Crippen LogP contribution is 2.26. The predicted octanol–water partition coefficient (Wildman–Crippen LogP) is 2.30. The Morgan fingerprint density at radius 1 is 1.12 bits per heavy atom. The second-order valence-corrected chi connectivity index (χ2v) is 4.28. The molecule has 0 atom stereocenters. The van der Waals surface area contributed by atoms with Crippen LogP contribution in [0.25, 0.3) is 11.3 Å². The zero-order chi connectivity index (χ0) is 11.7. The molecule has 1 fully saturated rings. The van der Waals surface area contributed by atoms with Gasteiger partial charge in [0.1, 0.15) is 5.82 Å². The van der Waals surface area contributed by atoms with E-state index in [0.717, 1.165) is 17.1 Å². The molecule has 1 aliphatic rings. The number of nitrogens with one attached hydrogen (secondary N) is 1. The fourth-order valence-corrected chi connectivity index (χ4v) is 1.73. The Bertz CT molecular complexity index is 520. The Morgan fingerprint density at radius 3 is 2.59 bits per heavy atom. The Kier molecular flexibility index (Phi) is 2.40. The summed E-state index contributed by atoms with van der Waals surface area (Å²) in [5, 5.41) is 3.34. The molecule has 1 aromatic heterocycles. The summed E-state index contributed by atoms with van der Waals surface area (Å²) in [6.07, 6.45) is 2.43. The number of anilines is 2. The summed E-state index contributed by atoms with van der Waals surface area (Å²) < 4.78 is 0. The first-order valence-electron chi connectivity index (χ1n) is 5.78. The molecule has 1 heterocycles. The Hall–Kier alpha value is -2.10. The summed E-state index contributed by atoms with van der Waals surface area (Å²) in [4.78, 5) is 8.45. The van der Waals surface area contributed by atoms with Crippen molar-refractivity contribution >= 4 is 11.8 Å². The number of hydrogen-bond donors (Lipinski definition) is 2. The molecule has 1 saturated carbocycles. The Morgan fingerprint density at radius 2 is 1.88 bits per heavy atom. The van der Waals surface area contributed by atoms with E-state index in [4.69, 9.17) is 5.73 Å². The van der Waals surface area contributed by atoms with Crippen molar-refractivity contribution < 1.29 is 0 Å². The molecular weight excluding hydrogens is 212 g/mol. The lowest BCUT2D eigenvalue weighted by Gasteiger charge is -2.07. The minimum Gasteiger partial charge on any atom is -0.368 e. The van der Waals surface area contributed by atoms with Crippen LogP contribution in [-0.4, -0.2) is 16.0 Å². The van der Waals surface area contributed by atoms with Crippen LogP contribution in [0.5, 0.6) is 0 Å². The molecule has 0 spiro atoms. The van der Waals surface area contributed by atoms with E-state index >= 15 is 0 Å². The number of rotatable bonds is 3. The standard InChI is InChI=1S/C13H14N4/c14-13-16-11(9-4-2-1-3-5-9)8-12(17-13)15-10-6-7-10/h1-5,8,10H,6-7H2,(H3,14,15,16,17). The molecule has 0 aliphatic heterocycles. The lowest BCUT2D eigenvalue weighted by molar-refractivity contribution is 1.09. The molecule has 3 N–H and O–H groups in total. The van der Waals surface area contributed by atoms with Gasteiger partial charge >= 0.3 is 0 Å². The molecule has 17 heavy (non-hydrogen) atoms. The molecule has 3 rings (SSSR count). The van der Waals surface area contributed by atoms with E-state index in [1.165, 1.54) is 12.8 Å². The molecule has 0 unspecified atom stereocenters. The Balaban J connectivity index is 1.95. The molecule has 86 valence electrons. The van der Waals surface area contributed by atoms with Crippen LogP contribution >= 0.6 is 0 Å². The largest absolute Gasteiger partial charge is 0.368 e. The van der Waals surface area contributed by atoms with E-state index in [2.05, 4.69) is 15.3 Å². The fraction of sp³-hybridized carbons (Fsp3) is 0.231. The highest BCUT2D eigenvalue weighted by molar-refractivity contribution is 5.64. The highest BCUT2D eigenvalue weighted by Gasteiger charge is 2.21. The van der Waals surface area contributed by atoms with Gasteiger partial charge in [-0.05, 0) is 12.8 Å². The van der Waals surface area contributed by atoms with Crippen LogP contribution in [0.4, 0.5) is 11.8 Å². The molecular formula is C13H14N4. The minimum atomic E-state index is 0.314. The number of aromatic nitrogens is 2. The highest BCUT2D eigenvalue weighted by atomic mass is 15.1. The van der Waals surface area contributed by atoms with Gasteiger partial charge in [-0.25, -0.2) is 4.98 Å². The van der Waals surface area contributed by atoms with Crippen molar-refractivity contribution in [1.82, 2.24) is 9.97 Å². The summed E-state index contributed by atoms with van der Waals surface area (Å²) in [6, 6.07) is 12.5. The van der Waals surface area contributed by atoms with E-state index in [9.17, 15) is 0 Å². The van der Waals surface area contributed by atoms with Gasteiger partial charge in [-0.1, -0.05) is 30.3 Å². The van der Waals surface area contributed by atoms with Crippen LogP contribution in [0.2, 0.25) is 0 Å². The zero-order valence-electron chi connectivity index (χ0n) is 9.43. The third kappa shape index (κ3) is 2.36. The summed E-state index contributed by atoms with van der Waals surface area (Å²) in [5.74, 6) is 1.13.